The Morgan fingerprint density at radius 1 is 0.714 bits per heavy atom. The van der Waals surface area contributed by atoms with Gasteiger partial charge in [0.15, 0.2) is 0 Å². The zero-order valence-electron chi connectivity index (χ0n) is 15.3. The van der Waals surface area contributed by atoms with Crippen LogP contribution in [0.4, 0.5) is 0 Å². The molecule has 2 N–H and O–H groups in total. The summed E-state index contributed by atoms with van der Waals surface area (Å²) in [6.07, 6.45) is 0. The first-order valence-corrected chi connectivity index (χ1v) is 9.44. The SMILES string of the molecule is O=C(NCCNC(=O)C(c1ccccc1)c1ccccc1)c1ccc(Cl)cc1. The number of benzene rings is 3. The number of amides is 2. The van der Waals surface area contributed by atoms with Crippen LogP contribution in [0.25, 0.3) is 0 Å². The fraction of sp³-hybridized carbons (Fsp3) is 0.130. The Bertz CT molecular complexity index is 873. The molecular weight excluding hydrogens is 372 g/mol. The number of rotatable bonds is 7. The highest BCUT2D eigenvalue weighted by molar-refractivity contribution is 6.30. The second-order valence-corrected chi connectivity index (χ2v) is 6.74. The van der Waals surface area contributed by atoms with Crippen LogP contribution >= 0.6 is 11.6 Å². The predicted molar refractivity (Wildman–Crippen MR) is 112 cm³/mol. The van der Waals surface area contributed by atoms with Crippen LogP contribution in [0.15, 0.2) is 84.9 Å². The van der Waals surface area contributed by atoms with E-state index in [9.17, 15) is 9.59 Å². The Morgan fingerprint density at radius 2 is 1.21 bits per heavy atom. The van der Waals surface area contributed by atoms with Crippen molar-refractivity contribution < 1.29 is 9.59 Å². The maximum atomic E-state index is 12.9. The first-order chi connectivity index (χ1) is 13.6. The lowest BCUT2D eigenvalue weighted by atomic mass is 9.90. The summed E-state index contributed by atoms with van der Waals surface area (Å²) in [5.74, 6) is -0.693. The molecule has 0 aliphatic carbocycles. The van der Waals surface area contributed by atoms with E-state index in [1.807, 2.05) is 60.7 Å². The standard InChI is InChI=1S/C23H21ClN2O2/c24-20-13-11-19(12-14-20)22(27)25-15-16-26-23(28)21(17-7-3-1-4-8-17)18-9-5-2-6-10-18/h1-14,21H,15-16H2,(H,25,27)(H,26,28). The highest BCUT2D eigenvalue weighted by Crippen LogP contribution is 2.24. The largest absolute Gasteiger partial charge is 0.354 e. The summed E-state index contributed by atoms with van der Waals surface area (Å²) < 4.78 is 0. The first-order valence-electron chi connectivity index (χ1n) is 9.06. The van der Waals surface area contributed by atoms with E-state index in [-0.39, 0.29) is 11.8 Å². The van der Waals surface area contributed by atoms with Gasteiger partial charge in [0, 0.05) is 23.7 Å². The first kappa shape index (κ1) is 19.6. The summed E-state index contributed by atoms with van der Waals surface area (Å²) in [5.41, 5.74) is 2.38. The molecule has 28 heavy (non-hydrogen) atoms. The lowest BCUT2D eigenvalue weighted by Gasteiger charge is -2.18. The maximum Gasteiger partial charge on any atom is 0.251 e. The van der Waals surface area contributed by atoms with Gasteiger partial charge >= 0.3 is 0 Å². The van der Waals surface area contributed by atoms with E-state index in [0.29, 0.717) is 23.7 Å². The zero-order valence-corrected chi connectivity index (χ0v) is 16.0. The molecule has 3 aromatic carbocycles. The van der Waals surface area contributed by atoms with Crippen molar-refractivity contribution in [3.63, 3.8) is 0 Å². The van der Waals surface area contributed by atoms with E-state index >= 15 is 0 Å². The van der Waals surface area contributed by atoms with Crippen LogP contribution in [0.5, 0.6) is 0 Å². The van der Waals surface area contributed by atoms with Crippen molar-refractivity contribution in [2.75, 3.05) is 13.1 Å². The van der Waals surface area contributed by atoms with Crippen LogP contribution in [0.1, 0.15) is 27.4 Å². The third-order valence-corrected chi connectivity index (χ3v) is 4.60. The van der Waals surface area contributed by atoms with Crippen molar-refractivity contribution >= 4 is 23.4 Å². The van der Waals surface area contributed by atoms with Gasteiger partial charge in [0.1, 0.15) is 0 Å². The van der Waals surface area contributed by atoms with Gasteiger partial charge in [-0.05, 0) is 35.4 Å². The van der Waals surface area contributed by atoms with Crippen molar-refractivity contribution in [1.29, 1.82) is 0 Å². The maximum absolute atomic E-state index is 12.9. The summed E-state index contributed by atoms with van der Waals surface area (Å²) in [7, 11) is 0. The number of carbonyl (C=O) groups is 2. The topological polar surface area (TPSA) is 58.2 Å². The van der Waals surface area contributed by atoms with Crippen LogP contribution in [0.2, 0.25) is 5.02 Å². The molecule has 5 heteroatoms. The number of nitrogens with one attached hydrogen (secondary N) is 2. The summed E-state index contributed by atoms with van der Waals surface area (Å²) in [6, 6.07) is 26.0. The van der Waals surface area contributed by atoms with Crippen LogP contribution in [0, 0.1) is 0 Å². The molecule has 4 nitrogen and oxygen atoms in total. The smallest absolute Gasteiger partial charge is 0.251 e. The van der Waals surface area contributed by atoms with Gasteiger partial charge in [-0.3, -0.25) is 9.59 Å². The lowest BCUT2D eigenvalue weighted by Crippen LogP contribution is -2.37. The average Bonchev–Trinajstić information content (AvgIpc) is 2.73. The normalized spacial score (nSPS) is 10.5. The molecule has 142 valence electrons. The Morgan fingerprint density at radius 3 is 1.75 bits per heavy atom. The van der Waals surface area contributed by atoms with Gasteiger partial charge in [0.2, 0.25) is 5.91 Å². The third kappa shape index (κ3) is 5.21. The Kier molecular flexibility index (Phi) is 6.82. The molecule has 3 rings (SSSR count). The minimum atomic E-state index is -0.394. The Hall–Kier alpha value is -3.11. The molecule has 0 bridgehead atoms. The molecule has 0 spiro atoms. The molecule has 0 saturated carbocycles. The fourth-order valence-electron chi connectivity index (χ4n) is 2.95. The van der Waals surface area contributed by atoms with Crippen molar-refractivity contribution in [1.82, 2.24) is 10.6 Å². The molecule has 0 radical (unpaired) electrons. The molecular formula is C23H21ClN2O2. The summed E-state index contributed by atoms with van der Waals surface area (Å²) >= 11 is 5.83. The number of hydrogen-bond donors (Lipinski definition) is 2. The van der Waals surface area contributed by atoms with E-state index in [4.69, 9.17) is 11.6 Å². The van der Waals surface area contributed by atoms with Crippen LogP contribution in [-0.4, -0.2) is 24.9 Å². The minimum Gasteiger partial charge on any atom is -0.354 e. The summed E-state index contributed by atoms with van der Waals surface area (Å²) in [4.78, 5) is 25.0. The van der Waals surface area contributed by atoms with Gasteiger partial charge in [-0.1, -0.05) is 72.3 Å². The van der Waals surface area contributed by atoms with Crippen LogP contribution in [-0.2, 0) is 4.79 Å². The monoisotopic (exact) mass is 392 g/mol. The fourth-order valence-corrected chi connectivity index (χ4v) is 3.08. The second-order valence-electron chi connectivity index (χ2n) is 6.31. The van der Waals surface area contributed by atoms with E-state index in [2.05, 4.69) is 10.6 Å². The van der Waals surface area contributed by atoms with Gasteiger partial charge in [-0.15, -0.1) is 0 Å². The van der Waals surface area contributed by atoms with E-state index in [1.165, 1.54) is 0 Å². The number of hydrogen-bond acceptors (Lipinski definition) is 2. The number of halogens is 1. The second kappa shape index (κ2) is 9.72. The van der Waals surface area contributed by atoms with E-state index < -0.39 is 5.92 Å². The molecule has 0 heterocycles. The van der Waals surface area contributed by atoms with Gasteiger partial charge in [0.05, 0.1) is 5.92 Å². The third-order valence-electron chi connectivity index (χ3n) is 4.34. The molecule has 3 aromatic rings. The highest BCUT2D eigenvalue weighted by atomic mass is 35.5. The van der Waals surface area contributed by atoms with E-state index in [1.54, 1.807) is 24.3 Å². The lowest BCUT2D eigenvalue weighted by molar-refractivity contribution is -0.121. The van der Waals surface area contributed by atoms with Crippen molar-refractivity contribution in [3.05, 3.63) is 107 Å². The highest BCUT2D eigenvalue weighted by Gasteiger charge is 2.22. The Balaban J connectivity index is 1.58. The van der Waals surface area contributed by atoms with Crippen LogP contribution in [0.3, 0.4) is 0 Å². The predicted octanol–water partition coefficient (Wildman–Crippen LogP) is 4.02. The molecule has 0 atom stereocenters. The van der Waals surface area contributed by atoms with Crippen LogP contribution < -0.4 is 10.6 Å². The van der Waals surface area contributed by atoms with Gasteiger partial charge in [-0.25, -0.2) is 0 Å². The summed E-state index contributed by atoms with van der Waals surface area (Å²) in [6.45, 7) is 0.678. The molecule has 0 aliphatic heterocycles. The molecule has 0 saturated heterocycles. The molecule has 0 fully saturated rings. The zero-order chi connectivity index (χ0) is 19.8. The van der Waals surface area contributed by atoms with Gasteiger partial charge in [-0.2, -0.15) is 0 Å². The van der Waals surface area contributed by atoms with Crippen molar-refractivity contribution in [2.45, 2.75) is 5.92 Å². The van der Waals surface area contributed by atoms with Crippen molar-refractivity contribution in [3.8, 4) is 0 Å². The summed E-state index contributed by atoms with van der Waals surface area (Å²) in [5, 5.41) is 6.30. The number of carbonyl (C=O) groups excluding carboxylic acids is 2. The average molecular weight is 393 g/mol. The minimum absolute atomic E-state index is 0.0989. The molecule has 2 amide bonds. The van der Waals surface area contributed by atoms with Crippen molar-refractivity contribution in [2.24, 2.45) is 0 Å². The molecule has 0 aliphatic rings. The quantitative estimate of drug-likeness (QED) is 0.597. The Labute approximate surface area is 169 Å². The van der Waals surface area contributed by atoms with E-state index in [0.717, 1.165) is 11.1 Å². The van der Waals surface area contributed by atoms with Gasteiger partial charge in [0.25, 0.3) is 5.91 Å². The molecule has 0 unspecified atom stereocenters. The molecule has 0 aromatic heterocycles. The van der Waals surface area contributed by atoms with Gasteiger partial charge < -0.3 is 10.6 Å².